The minimum Gasteiger partial charge on any atom is -0.396 e. The van der Waals surface area contributed by atoms with Gasteiger partial charge in [-0.05, 0) is 20.3 Å². The van der Waals surface area contributed by atoms with Crippen LogP contribution < -0.4 is 5.73 Å². The number of hydrogen-bond acceptors (Lipinski definition) is 3. The summed E-state index contributed by atoms with van der Waals surface area (Å²) in [6.07, 6.45) is -3.88. The third-order valence-corrected chi connectivity index (χ3v) is 2.08. The molecule has 92 valence electrons. The van der Waals surface area contributed by atoms with Crippen LogP contribution in [0.4, 0.5) is 13.2 Å². The zero-order valence-electron chi connectivity index (χ0n) is 9.09. The van der Waals surface area contributed by atoms with E-state index in [1.807, 2.05) is 0 Å². The molecule has 0 saturated heterocycles. The lowest BCUT2D eigenvalue weighted by Gasteiger charge is -2.29. The molecule has 0 aliphatic rings. The molecule has 0 aliphatic heterocycles. The standard InChI is InChI=1S/C9H19F3N2O/c1-7(2)14(6-9(10,11)12)5-8(13)3-4-15/h7-8,15H,3-6,13H2,1-2H3. The third-order valence-electron chi connectivity index (χ3n) is 2.08. The summed E-state index contributed by atoms with van der Waals surface area (Å²) in [5, 5.41) is 8.60. The van der Waals surface area contributed by atoms with Crippen molar-refractivity contribution in [2.24, 2.45) is 5.73 Å². The summed E-state index contributed by atoms with van der Waals surface area (Å²) < 4.78 is 36.5. The SMILES string of the molecule is CC(C)N(CC(N)CCO)CC(F)(F)F. The van der Waals surface area contributed by atoms with E-state index in [1.165, 1.54) is 4.90 Å². The fraction of sp³-hybridized carbons (Fsp3) is 1.00. The number of alkyl halides is 3. The number of nitrogens with zero attached hydrogens (tertiary/aromatic N) is 1. The highest BCUT2D eigenvalue weighted by Crippen LogP contribution is 2.18. The van der Waals surface area contributed by atoms with Gasteiger partial charge in [0.15, 0.2) is 0 Å². The second-order valence-electron chi connectivity index (χ2n) is 3.91. The molecule has 0 aliphatic carbocycles. The average molecular weight is 228 g/mol. The van der Waals surface area contributed by atoms with Gasteiger partial charge in [0.05, 0.1) is 6.54 Å². The fourth-order valence-electron chi connectivity index (χ4n) is 1.25. The summed E-state index contributed by atoms with van der Waals surface area (Å²) in [4.78, 5) is 1.26. The first kappa shape index (κ1) is 14.7. The van der Waals surface area contributed by atoms with Crippen molar-refractivity contribution in [2.75, 3.05) is 19.7 Å². The Balaban J connectivity index is 4.16. The van der Waals surface area contributed by atoms with Gasteiger partial charge in [-0.3, -0.25) is 4.90 Å². The Morgan fingerprint density at radius 3 is 2.20 bits per heavy atom. The van der Waals surface area contributed by atoms with Gasteiger partial charge < -0.3 is 10.8 Å². The summed E-state index contributed by atoms with van der Waals surface area (Å²) in [5.41, 5.74) is 5.57. The monoisotopic (exact) mass is 228 g/mol. The van der Waals surface area contributed by atoms with Crippen molar-refractivity contribution >= 4 is 0 Å². The van der Waals surface area contributed by atoms with E-state index >= 15 is 0 Å². The molecule has 0 amide bonds. The topological polar surface area (TPSA) is 49.5 Å². The molecule has 1 unspecified atom stereocenters. The Labute approximate surface area is 88.0 Å². The highest BCUT2D eigenvalue weighted by atomic mass is 19.4. The largest absolute Gasteiger partial charge is 0.401 e. The van der Waals surface area contributed by atoms with Crippen LogP contribution in [0.2, 0.25) is 0 Å². The summed E-state index contributed by atoms with van der Waals surface area (Å²) in [6.45, 7) is 2.48. The molecule has 3 N–H and O–H groups in total. The smallest absolute Gasteiger partial charge is 0.396 e. The zero-order chi connectivity index (χ0) is 12.1. The Bertz CT molecular complexity index is 173. The summed E-state index contributed by atoms with van der Waals surface area (Å²) in [6, 6.07) is -0.629. The normalized spacial score (nSPS) is 15.0. The van der Waals surface area contributed by atoms with Gasteiger partial charge in [0.1, 0.15) is 0 Å². The first-order valence-electron chi connectivity index (χ1n) is 4.93. The van der Waals surface area contributed by atoms with E-state index in [0.29, 0.717) is 6.42 Å². The zero-order valence-corrected chi connectivity index (χ0v) is 9.09. The summed E-state index contributed by atoms with van der Waals surface area (Å²) in [5.74, 6) is 0. The van der Waals surface area contributed by atoms with Crippen LogP contribution in [-0.2, 0) is 0 Å². The molecule has 0 heterocycles. The first-order valence-corrected chi connectivity index (χ1v) is 4.93. The maximum Gasteiger partial charge on any atom is 0.401 e. The molecule has 3 nitrogen and oxygen atoms in total. The van der Waals surface area contributed by atoms with Crippen LogP contribution >= 0.6 is 0 Å². The van der Waals surface area contributed by atoms with Crippen molar-refractivity contribution in [1.82, 2.24) is 4.90 Å². The number of aliphatic hydroxyl groups is 1. The summed E-state index contributed by atoms with van der Waals surface area (Å²) in [7, 11) is 0. The molecule has 6 heteroatoms. The minimum absolute atomic E-state index is 0.0981. The lowest BCUT2D eigenvalue weighted by molar-refractivity contribution is -0.150. The number of hydrogen-bond donors (Lipinski definition) is 2. The van der Waals surface area contributed by atoms with Crippen LogP contribution in [0.5, 0.6) is 0 Å². The highest BCUT2D eigenvalue weighted by molar-refractivity contribution is 4.73. The molecule has 0 bridgehead atoms. The van der Waals surface area contributed by atoms with Gasteiger partial charge in [-0.25, -0.2) is 0 Å². The maximum absolute atomic E-state index is 12.2. The van der Waals surface area contributed by atoms with Crippen LogP contribution in [0.15, 0.2) is 0 Å². The van der Waals surface area contributed by atoms with Gasteiger partial charge in [0.2, 0.25) is 0 Å². The van der Waals surface area contributed by atoms with E-state index < -0.39 is 18.8 Å². The van der Waals surface area contributed by atoms with Crippen molar-refractivity contribution < 1.29 is 18.3 Å². The lowest BCUT2D eigenvalue weighted by atomic mass is 10.2. The number of halogens is 3. The quantitative estimate of drug-likeness (QED) is 0.712. The second-order valence-corrected chi connectivity index (χ2v) is 3.91. The van der Waals surface area contributed by atoms with Gasteiger partial charge in [-0.1, -0.05) is 0 Å². The number of rotatable bonds is 6. The van der Waals surface area contributed by atoms with E-state index in [4.69, 9.17) is 10.8 Å². The molecular weight excluding hydrogens is 209 g/mol. The van der Waals surface area contributed by atoms with Crippen LogP contribution in [0, 0.1) is 0 Å². The van der Waals surface area contributed by atoms with Crippen molar-refractivity contribution in [3.8, 4) is 0 Å². The molecule has 0 rings (SSSR count). The van der Waals surface area contributed by atoms with E-state index in [1.54, 1.807) is 13.8 Å². The molecule has 0 radical (unpaired) electrons. The molecule has 0 spiro atoms. The molecular formula is C9H19F3N2O. The van der Waals surface area contributed by atoms with Crippen molar-refractivity contribution in [2.45, 2.75) is 38.5 Å². The molecule has 0 saturated carbocycles. The maximum atomic E-state index is 12.2. The van der Waals surface area contributed by atoms with Crippen LogP contribution in [0.1, 0.15) is 20.3 Å². The Morgan fingerprint density at radius 1 is 1.33 bits per heavy atom. The molecule has 0 aromatic rings. The van der Waals surface area contributed by atoms with E-state index in [-0.39, 0.29) is 19.2 Å². The van der Waals surface area contributed by atoms with Crippen molar-refractivity contribution in [3.05, 3.63) is 0 Å². The predicted molar refractivity (Wildman–Crippen MR) is 52.4 cm³/mol. The van der Waals surface area contributed by atoms with Gasteiger partial charge >= 0.3 is 6.18 Å². The van der Waals surface area contributed by atoms with Gasteiger partial charge in [0.25, 0.3) is 0 Å². The Morgan fingerprint density at radius 2 is 1.87 bits per heavy atom. The third kappa shape index (κ3) is 7.58. The fourth-order valence-corrected chi connectivity index (χ4v) is 1.25. The number of aliphatic hydroxyl groups excluding tert-OH is 1. The van der Waals surface area contributed by atoms with Gasteiger partial charge in [-0.2, -0.15) is 13.2 Å². The number of nitrogens with two attached hydrogens (primary N) is 1. The molecule has 0 aromatic carbocycles. The predicted octanol–water partition coefficient (Wildman–Crippen LogP) is 0.969. The molecule has 0 fully saturated rings. The van der Waals surface area contributed by atoms with E-state index in [0.717, 1.165) is 0 Å². The van der Waals surface area contributed by atoms with Crippen LogP contribution in [0.3, 0.4) is 0 Å². The Hall–Kier alpha value is -0.330. The lowest BCUT2D eigenvalue weighted by Crippen LogP contribution is -2.45. The average Bonchev–Trinajstić information content (AvgIpc) is 2.00. The summed E-state index contributed by atoms with van der Waals surface area (Å²) >= 11 is 0. The minimum atomic E-state index is -4.21. The van der Waals surface area contributed by atoms with Crippen molar-refractivity contribution in [3.63, 3.8) is 0 Å². The second kappa shape index (κ2) is 6.30. The molecule has 15 heavy (non-hydrogen) atoms. The van der Waals surface area contributed by atoms with E-state index in [2.05, 4.69) is 0 Å². The van der Waals surface area contributed by atoms with Crippen LogP contribution in [0.25, 0.3) is 0 Å². The van der Waals surface area contributed by atoms with Gasteiger partial charge in [-0.15, -0.1) is 0 Å². The van der Waals surface area contributed by atoms with Gasteiger partial charge in [0, 0.05) is 25.2 Å². The van der Waals surface area contributed by atoms with Crippen molar-refractivity contribution in [1.29, 1.82) is 0 Å². The Kier molecular flexibility index (Phi) is 6.16. The molecule has 0 aromatic heterocycles. The van der Waals surface area contributed by atoms with E-state index in [9.17, 15) is 13.2 Å². The van der Waals surface area contributed by atoms with Crippen LogP contribution in [-0.4, -0.2) is 48.0 Å². The first-order chi connectivity index (χ1) is 6.76. The molecule has 1 atom stereocenters. The highest BCUT2D eigenvalue weighted by Gasteiger charge is 2.32.